The van der Waals surface area contributed by atoms with Crippen molar-refractivity contribution in [1.29, 1.82) is 0 Å². The van der Waals surface area contributed by atoms with Crippen LogP contribution in [0.3, 0.4) is 0 Å². The fourth-order valence-corrected chi connectivity index (χ4v) is 4.35. The third-order valence-electron chi connectivity index (χ3n) is 2.98. The Bertz CT molecular complexity index is 592. The Morgan fingerprint density at radius 2 is 1.14 bits per heavy atom. The number of thioether (sulfide) groups is 2. The minimum atomic E-state index is 0.145. The molecule has 0 aliphatic heterocycles. The second-order valence-electron chi connectivity index (χ2n) is 5.97. The SMILES string of the molecule is C/C(Sc1ccccc1)=C(\Sc1ccccc1)C(C)(C)C. The summed E-state index contributed by atoms with van der Waals surface area (Å²) in [7, 11) is 0. The van der Waals surface area contributed by atoms with E-state index in [9.17, 15) is 0 Å². The Morgan fingerprint density at radius 3 is 1.57 bits per heavy atom. The van der Waals surface area contributed by atoms with Gasteiger partial charge in [-0.1, -0.05) is 80.7 Å². The van der Waals surface area contributed by atoms with Gasteiger partial charge in [0, 0.05) is 14.7 Å². The predicted molar refractivity (Wildman–Crippen MR) is 96.8 cm³/mol. The first-order chi connectivity index (χ1) is 9.97. The van der Waals surface area contributed by atoms with Gasteiger partial charge in [0.1, 0.15) is 0 Å². The quantitative estimate of drug-likeness (QED) is 0.566. The summed E-state index contributed by atoms with van der Waals surface area (Å²) < 4.78 is 0. The Morgan fingerprint density at radius 1 is 0.714 bits per heavy atom. The lowest BCUT2D eigenvalue weighted by atomic mass is 9.96. The molecule has 0 radical (unpaired) electrons. The molecule has 0 bridgehead atoms. The van der Waals surface area contributed by atoms with E-state index in [-0.39, 0.29) is 5.41 Å². The van der Waals surface area contributed by atoms with Crippen LogP contribution in [0.1, 0.15) is 27.7 Å². The molecule has 0 atom stereocenters. The molecule has 0 spiro atoms. The minimum Gasteiger partial charge on any atom is -0.0940 e. The van der Waals surface area contributed by atoms with Gasteiger partial charge in [-0.25, -0.2) is 0 Å². The van der Waals surface area contributed by atoms with Crippen LogP contribution in [-0.2, 0) is 0 Å². The number of allylic oxidation sites excluding steroid dienone is 2. The number of hydrogen-bond donors (Lipinski definition) is 0. The second-order valence-corrected chi connectivity index (χ2v) is 8.34. The first-order valence-corrected chi connectivity index (χ1v) is 8.77. The summed E-state index contributed by atoms with van der Waals surface area (Å²) in [4.78, 5) is 5.41. The highest BCUT2D eigenvalue weighted by molar-refractivity contribution is 8.06. The van der Waals surface area contributed by atoms with Crippen LogP contribution in [0.4, 0.5) is 0 Å². The molecular weight excluding hydrogens is 292 g/mol. The normalized spacial score (nSPS) is 13.0. The third-order valence-corrected chi connectivity index (χ3v) is 5.76. The summed E-state index contributed by atoms with van der Waals surface area (Å²) in [5, 5.41) is 0. The van der Waals surface area contributed by atoms with Crippen LogP contribution in [0.5, 0.6) is 0 Å². The standard InChI is InChI=1S/C19H22S2/c1-15(20-16-11-7-5-8-12-16)18(19(2,3)4)21-17-13-9-6-10-14-17/h5-14H,1-4H3/b18-15+. The molecule has 0 nitrogen and oxygen atoms in total. The van der Waals surface area contributed by atoms with Gasteiger partial charge in [0.05, 0.1) is 0 Å². The van der Waals surface area contributed by atoms with Crippen LogP contribution in [0.15, 0.2) is 80.3 Å². The molecule has 21 heavy (non-hydrogen) atoms. The van der Waals surface area contributed by atoms with Crippen LogP contribution in [0, 0.1) is 5.41 Å². The molecule has 0 aromatic heterocycles. The smallest absolute Gasteiger partial charge is 0.0119 e. The van der Waals surface area contributed by atoms with Gasteiger partial charge < -0.3 is 0 Å². The molecule has 0 aliphatic rings. The van der Waals surface area contributed by atoms with Crippen molar-refractivity contribution in [3.8, 4) is 0 Å². The highest BCUT2D eigenvalue weighted by Gasteiger charge is 2.21. The highest BCUT2D eigenvalue weighted by Crippen LogP contribution is 2.45. The average molecular weight is 315 g/mol. The molecule has 2 aromatic carbocycles. The van der Waals surface area contributed by atoms with Gasteiger partial charge in [0.25, 0.3) is 0 Å². The Labute approximate surface area is 137 Å². The first-order valence-electron chi connectivity index (χ1n) is 7.14. The van der Waals surface area contributed by atoms with E-state index in [2.05, 4.69) is 88.4 Å². The van der Waals surface area contributed by atoms with Crippen molar-refractivity contribution in [3.63, 3.8) is 0 Å². The van der Waals surface area contributed by atoms with Crippen LogP contribution < -0.4 is 0 Å². The van der Waals surface area contributed by atoms with Gasteiger partial charge in [-0.3, -0.25) is 0 Å². The molecule has 2 aromatic rings. The molecular formula is C19H22S2. The van der Waals surface area contributed by atoms with Crippen LogP contribution >= 0.6 is 23.5 Å². The predicted octanol–water partition coefficient (Wildman–Crippen LogP) is 6.85. The molecule has 110 valence electrons. The molecule has 0 unspecified atom stereocenters. The van der Waals surface area contributed by atoms with Gasteiger partial charge in [-0.15, -0.1) is 0 Å². The van der Waals surface area contributed by atoms with Crippen LogP contribution in [0.2, 0.25) is 0 Å². The zero-order chi connectivity index (χ0) is 15.3. The zero-order valence-electron chi connectivity index (χ0n) is 13.1. The van der Waals surface area contributed by atoms with Crippen molar-refractivity contribution in [3.05, 3.63) is 70.5 Å². The van der Waals surface area contributed by atoms with Crippen LogP contribution in [-0.4, -0.2) is 0 Å². The lowest BCUT2D eigenvalue weighted by molar-refractivity contribution is 0.531. The van der Waals surface area contributed by atoms with Gasteiger partial charge in [0.2, 0.25) is 0 Å². The summed E-state index contributed by atoms with van der Waals surface area (Å²) in [6, 6.07) is 21.2. The van der Waals surface area contributed by atoms with Crippen molar-refractivity contribution in [2.75, 3.05) is 0 Å². The molecule has 0 N–H and O–H groups in total. The summed E-state index contributed by atoms with van der Waals surface area (Å²) >= 11 is 3.74. The van der Waals surface area contributed by atoms with E-state index < -0.39 is 0 Å². The topological polar surface area (TPSA) is 0 Å². The fraction of sp³-hybridized carbons (Fsp3) is 0.263. The number of rotatable bonds is 4. The molecule has 0 saturated carbocycles. The van der Waals surface area contributed by atoms with E-state index in [1.807, 2.05) is 23.5 Å². The van der Waals surface area contributed by atoms with E-state index >= 15 is 0 Å². The van der Waals surface area contributed by atoms with Crippen LogP contribution in [0.25, 0.3) is 0 Å². The van der Waals surface area contributed by atoms with Gasteiger partial charge >= 0.3 is 0 Å². The summed E-state index contributed by atoms with van der Waals surface area (Å²) in [6.07, 6.45) is 0. The van der Waals surface area contributed by atoms with E-state index in [0.717, 1.165) is 0 Å². The van der Waals surface area contributed by atoms with Gasteiger partial charge in [0.15, 0.2) is 0 Å². The molecule has 0 amide bonds. The van der Waals surface area contributed by atoms with E-state index in [1.165, 1.54) is 19.6 Å². The number of hydrogen-bond acceptors (Lipinski definition) is 2. The second kappa shape index (κ2) is 7.24. The minimum absolute atomic E-state index is 0.145. The van der Waals surface area contributed by atoms with Crippen molar-refractivity contribution in [2.24, 2.45) is 5.41 Å². The first kappa shape index (κ1) is 16.3. The maximum atomic E-state index is 2.29. The van der Waals surface area contributed by atoms with Crippen molar-refractivity contribution < 1.29 is 0 Å². The van der Waals surface area contributed by atoms with E-state index in [1.54, 1.807) is 0 Å². The van der Waals surface area contributed by atoms with Crippen molar-refractivity contribution >= 4 is 23.5 Å². The molecule has 2 rings (SSSR count). The summed E-state index contributed by atoms with van der Waals surface area (Å²) in [5.41, 5.74) is 0.145. The molecule has 0 fully saturated rings. The summed E-state index contributed by atoms with van der Waals surface area (Å²) in [5.74, 6) is 0. The molecule has 2 heteroatoms. The monoisotopic (exact) mass is 314 g/mol. The summed E-state index contributed by atoms with van der Waals surface area (Å²) in [6.45, 7) is 9.09. The number of benzene rings is 2. The average Bonchev–Trinajstić information content (AvgIpc) is 2.45. The maximum absolute atomic E-state index is 2.29. The third kappa shape index (κ3) is 4.98. The zero-order valence-corrected chi connectivity index (χ0v) is 14.7. The van der Waals surface area contributed by atoms with Gasteiger partial charge in [-0.2, -0.15) is 0 Å². The molecule has 0 heterocycles. The Hall–Kier alpha value is -1.12. The maximum Gasteiger partial charge on any atom is 0.0119 e. The van der Waals surface area contributed by atoms with Crippen molar-refractivity contribution in [2.45, 2.75) is 37.5 Å². The fourth-order valence-electron chi connectivity index (χ4n) is 2.07. The lowest BCUT2D eigenvalue weighted by Gasteiger charge is -2.25. The lowest BCUT2D eigenvalue weighted by Crippen LogP contribution is -2.08. The Balaban J connectivity index is 2.28. The molecule has 0 saturated heterocycles. The molecule has 0 aliphatic carbocycles. The highest BCUT2D eigenvalue weighted by atomic mass is 32.2. The van der Waals surface area contributed by atoms with E-state index in [0.29, 0.717) is 0 Å². The Kier molecular flexibility index (Phi) is 5.60. The van der Waals surface area contributed by atoms with E-state index in [4.69, 9.17) is 0 Å². The van der Waals surface area contributed by atoms with Crippen molar-refractivity contribution in [1.82, 2.24) is 0 Å². The van der Waals surface area contributed by atoms with Gasteiger partial charge in [-0.05, 0) is 41.5 Å². The largest absolute Gasteiger partial charge is 0.0940 e.